The first-order valence-corrected chi connectivity index (χ1v) is 5.64. The standard InChI is InChI=1S/C10H17NO2S/c1-2-10(5-3-6-11-8-10)13-9(12)4-7-14/h2,11,14H,1,3-8H2/p+1. The van der Waals surface area contributed by atoms with Gasteiger partial charge in [-0.3, -0.25) is 4.79 Å². The third-order valence-corrected chi connectivity index (χ3v) is 2.73. The molecule has 0 aromatic heterocycles. The number of hydrogen-bond acceptors (Lipinski definition) is 3. The molecular weight excluding hydrogens is 198 g/mol. The number of carbonyl (C=O) groups is 1. The van der Waals surface area contributed by atoms with Crippen LogP contribution in [0.2, 0.25) is 0 Å². The summed E-state index contributed by atoms with van der Waals surface area (Å²) in [5, 5.41) is 2.17. The largest absolute Gasteiger partial charge is 0.449 e. The molecule has 0 aromatic rings. The van der Waals surface area contributed by atoms with E-state index < -0.39 is 5.60 Å². The SMILES string of the molecule is C=CC1(OC(=O)CCS)CCC[NH2+]C1. The number of piperidine rings is 1. The van der Waals surface area contributed by atoms with Gasteiger partial charge in [-0.2, -0.15) is 12.6 Å². The fourth-order valence-electron chi connectivity index (χ4n) is 1.68. The Morgan fingerprint density at radius 1 is 1.71 bits per heavy atom. The highest BCUT2D eigenvalue weighted by Crippen LogP contribution is 2.20. The summed E-state index contributed by atoms with van der Waals surface area (Å²) in [7, 11) is 0. The first-order chi connectivity index (χ1) is 6.72. The topological polar surface area (TPSA) is 42.9 Å². The Kier molecular flexibility index (Phi) is 4.48. The molecule has 0 radical (unpaired) electrons. The third-order valence-electron chi connectivity index (χ3n) is 2.50. The quantitative estimate of drug-likeness (QED) is 0.398. The van der Waals surface area contributed by atoms with Gasteiger partial charge in [0.05, 0.1) is 13.0 Å². The summed E-state index contributed by atoms with van der Waals surface area (Å²) in [6.45, 7) is 5.66. The average Bonchev–Trinajstić information content (AvgIpc) is 2.19. The summed E-state index contributed by atoms with van der Waals surface area (Å²) < 4.78 is 5.43. The van der Waals surface area contributed by atoms with Gasteiger partial charge in [0.2, 0.25) is 0 Å². The van der Waals surface area contributed by atoms with Crippen LogP contribution < -0.4 is 5.32 Å². The summed E-state index contributed by atoms with van der Waals surface area (Å²) in [6, 6.07) is 0. The van der Waals surface area contributed by atoms with Crippen molar-refractivity contribution in [3.63, 3.8) is 0 Å². The lowest BCUT2D eigenvalue weighted by atomic mass is 9.94. The van der Waals surface area contributed by atoms with Gasteiger partial charge < -0.3 is 10.1 Å². The predicted octanol–water partition coefficient (Wildman–Crippen LogP) is 0.131. The van der Waals surface area contributed by atoms with Crippen LogP contribution in [0.1, 0.15) is 19.3 Å². The number of carbonyl (C=O) groups excluding carboxylic acids is 1. The van der Waals surface area contributed by atoms with E-state index in [4.69, 9.17) is 4.74 Å². The number of hydrogen-bond donors (Lipinski definition) is 2. The first-order valence-electron chi connectivity index (χ1n) is 5.00. The van der Waals surface area contributed by atoms with Crippen LogP contribution in [0.25, 0.3) is 0 Å². The lowest BCUT2D eigenvalue weighted by Crippen LogP contribution is -2.90. The van der Waals surface area contributed by atoms with E-state index in [-0.39, 0.29) is 5.97 Å². The maximum absolute atomic E-state index is 11.3. The van der Waals surface area contributed by atoms with Crippen LogP contribution in [0.3, 0.4) is 0 Å². The van der Waals surface area contributed by atoms with Crippen molar-refractivity contribution in [2.24, 2.45) is 0 Å². The minimum Gasteiger partial charge on any atom is -0.449 e. The van der Waals surface area contributed by atoms with E-state index in [0.717, 1.165) is 25.9 Å². The van der Waals surface area contributed by atoms with Gasteiger partial charge in [-0.15, -0.1) is 0 Å². The number of esters is 1. The summed E-state index contributed by atoms with van der Waals surface area (Å²) in [4.78, 5) is 11.3. The number of rotatable bonds is 4. The van der Waals surface area contributed by atoms with E-state index in [1.807, 2.05) is 0 Å². The van der Waals surface area contributed by atoms with Crippen LogP contribution in [0.5, 0.6) is 0 Å². The van der Waals surface area contributed by atoms with E-state index in [0.29, 0.717) is 12.2 Å². The molecule has 2 N–H and O–H groups in total. The monoisotopic (exact) mass is 216 g/mol. The minimum absolute atomic E-state index is 0.171. The van der Waals surface area contributed by atoms with Crippen molar-refractivity contribution in [1.82, 2.24) is 0 Å². The van der Waals surface area contributed by atoms with Crippen LogP contribution >= 0.6 is 12.6 Å². The summed E-state index contributed by atoms with van der Waals surface area (Å²) in [6.07, 6.45) is 4.10. The van der Waals surface area contributed by atoms with Crippen molar-refractivity contribution in [2.75, 3.05) is 18.8 Å². The molecule has 3 nitrogen and oxygen atoms in total. The molecule has 1 aliphatic heterocycles. The van der Waals surface area contributed by atoms with Gasteiger partial charge in [-0.1, -0.05) is 6.58 Å². The Morgan fingerprint density at radius 3 is 3.00 bits per heavy atom. The number of thiol groups is 1. The maximum atomic E-state index is 11.3. The summed E-state index contributed by atoms with van der Waals surface area (Å²) >= 11 is 4.00. The molecule has 14 heavy (non-hydrogen) atoms. The second kappa shape index (κ2) is 5.41. The molecule has 1 atom stereocenters. The number of nitrogens with two attached hydrogens (primary N) is 1. The van der Waals surface area contributed by atoms with Crippen LogP contribution in [0.15, 0.2) is 12.7 Å². The molecule has 1 rings (SSSR count). The predicted molar refractivity (Wildman–Crippen MR) is 58.4 cm³/mol. The minimum atomic E-state index is -0.432. The second-order valence-electron chi connectivity index (χ2n) is 3.60. The molecule has 4 heteroatoms. The molecule has 0 aliphatic carbocycles. The lowest BCUT2D eigenvalue weighted by molar-refractivity contribution is -0.674. The number of ether oxygens (including phenoxy) is 1. The second-order valence-corrected chi connectivity index (χ2v) is 4.05. The molecule has 80 valence electrons. The average molecular weight is 216 g/mol. The van der Waals surface area contributed by atoms with Gasteiger partial charge in [0.1, 0.15) is 6.54 Å². The zero-order valence-corrected chi connectivity index (χ0v) is 9.26. The molecule has 1 fully saturated rings. The van der Waals surface area contributed by atoms with Crippen LogP contribution in [-0.2, 0) is 9.53 Å². The lowest BCUT2D eigenvalue weighted by Gasteiger charge is -2.31. The molecule has 1 aliphatic rings. The molecule has 0 aromatic carbocycles. The Bertz CT molecular complexity index is 212. The zero-order chi connectivity index (χ0) is 10.4. The van der Waals surface area contributed by atoms with Gasteiger partial charge in [0, 0.05) is 18.6 Å². The first kappa shape index (κ1) is 11.6. The zero-order valence-electron chi connectivity index (χ0n) is 8.37. The van der Waals surface area contributed by atoms with Crippen molar-refractivity contribution in [3.8, 4) is 0 Å². The van der Waals surface area contributed by atoms with Crippen LogP contribution in [0, 0.1) is 0 Å². The Labute approximate surface area is 90.3 Å². The van der Waals surface area contributed by atoms with Crippen LogP contribution in [-0.4, -0.2) is 30.4 Å². The molecule has 0 spiro atoms. The normalized spacial score (nSPS) is 26.9. The van der Waals surface area contributed by atoms with Gasteiger partial charge in [-0.05, 0) is 6.08 Å². The molecule has 0 bridgehead atoms. The van der Waals surface area contributed by atoms with Crippen molar-refractivity contribution < 1.29 is 14.8 Å². The molecule has 0 amide bonds. The molecule has 0 saturated carbocycles. The Hall–Kier alpha value is -0.480. The highest BCUT2D eigenvalue weighted by molar-refractivity contribution is 7.80. The van der Waals surface area contributed by atoms with Crippen LogP contribution in [0.4, 0.5) is 0 Å². The van der Waals surface area contributed by atoms with Crippen molar-refractivity contribution in [2.45, 2.75) is 24.9 Å². The molecular formula is C10H18NO2S+. The van der Waals surface area contributed by atoms with Gasteiger partial charge >= 0.3 is 5.97 Å². The van der Waals surface area contributed by atoms with Gasteiger partial charge in [0.15, 0.2) is 5.60 Å². The van der Waals surface area contributed by atoms with E-state index in [9.17, 15) is 4.79 Å². The molecule has 1 saturated heterocycles. The Balaban J connectivity index is 2.51. The Morgan fingerprint density at radius 2 is 2.50 bits per heavy atom. The van der Waals surface area contributed by atoms with E-state index in [1.54, 1.807) is 6.08 Å². The van der Waals surface area contributed by atoms with Crippen molar-refractivity contribution >= 4 is 18.6 Å². The summed E-state index contributed by atoms with van der Waals surface area (Å²) in [5.41, 5.74) is -0.432. The van der Waals surface area contributed by atoms with E-state index in [2.05, 4.69) is 24.5 Å². The van der Waals surface area contributed by atoms with Crippen molar-refractivity contribution in [3.05, 3.63) is 12.7 Å². The molecule has 1 unspecified atom stereocenters. The molecule has 1 heterocycles. The summed E-state index contributed by atoms with van der Waals surface area (Å²) in [5.74, 6) is 0.366. The fraction of sp³-hybridized carbons (Fsp3) is 0.700. The smallest absolute Gasteiger partial charge is 0.307 e. The number of quaternary nitrogens is 1. The van der Waals surface area contributed by atoms with E-state index >= 15 is 0 Å². The van der Waals surface area contributed by atoms with E-state index in [1.165, 1.54) is 0 Å². The fourth-order valence-corrected chi connectivity index (χ4v) is 1.87. The van der Waals surface area contributed by atoms with Crippen molar-refractivity contribution in [1.29, 1.82) is 0 Å². The highest BCUT2D eigenvalue weighted by atomic mass is 32.1. The van der Waals surface area contributed by atoms with Gasteiger partial charge in [-0.25, -0.2) is 0 Å². The third kappa shape index (κ3) is 3.03. The highest BCUT2D eigenvalue weighted by Gasteiger charge is 2.35. The maximum Gasteiger partial charge on any atom is 0.307 e. The van der Waals surface area contributed by atoms with Gasteiger partial charge in [0.25, 0.3) is 0 Å².